The zero-order valence-electron chi connectivity index (χ0n) is 11.5. The van der Waals surface area contributed by atoms with E-state index in [1.807, 2.05) is 30.3 Å². The number of hydrogen-bond donors (Lipinski definition) is 1. The Morgan fingerprint density at radius 1 is 1.25 bits per heavy atom. The Bertz CT molecular complexity index is 516. The number of carbonyl (C=O) groups excluding carboxylic acids is 2. The van der Waals surface area contributed by atoms with Crippen LogP contribution in [0, 0.1) is 0 Å². The highest BCUT2D eigenvalue weighted by Crippen LogP contribution is 2.36. The number of piperidine rings is 1. The summed E-state index contributed by atoms with van der Waals surface area (Å²) in [7, 11) is 0. The molecule has 3 rings (SSSR count). The van der Waals surface area contributed by atoms with Crippen LogP contribution in [0.4, 0.5) is 0 Å². The van der Waals surface area contributed by atoms with Gasteiger partial charge in [0, 0.05) is 6.04 Å². The van der Waals surface area contributed by atoms with Crippen LogP contribution in [-0.2, 0) is 16.0 Å². The van der Waals surface area contributed by atoms with Gasteiger partial charge in [-0.15, -0.1) is 0 Å². The van der Waals surface area contributed by atoms with E-state index in [2.05, 4.69) is 0 Å². The van der Waals surface area contributed by atoms with Gasteiger partial charge >= 0.3 is 0 Å². The lowest BCUT2D eigenvalue weighted by Crippen LogP contribution is -2.63. The van der Waals surface area contributed by atoms with Crippen LogP contribution in [0.3, 0.4) is 0 Å². The average Bonchev–Trinajstić information content (AvgIpc) is 2.88. The third-order valence-electron chi connectivity index (χ3n) is 4.65. The average molecular weight is 272 g/mol. The van der Waals surface area contributed by atoms with Crippen molar-refractivity contribution in [2.75, 3.05) is 0 Å². The van der Waals surface area contributed by atoms with Crippen LogP contribution < -0.4 is 5.73 Å². The smallest absolute Gasteiger partial charge is 0.243 e. The van der Waals surface area contributed by atoms with Crippen molar-refractivity contribution < 1.29 is 9.59 Å². The number of nitrogens with two attached hydrogens (primary N) is 1. The van der Waals surface area contributed by atoms with Crippen molar-refractivity contribution in [3.05, 3.63) is 35.9 Å². The van der Waals surface area contributed by atoms with Crippen LogP contribution in [0.5, 0.6) is 0 Å². The van der Waals surface area contributed by atoms with Crippen LogP contribution in [-0.4, -0.2) is 34.7 Å². The van der Waals surface area contributed by atoms with Gasteiger partial charge in [-0.3, -0.25) is 4.79 Å². The normalized spacial score (nSPS) is 33.0. The van der Waals surface area contributed by atoms with E-state index in [0.29, 0.717) is 12.8 Å². The van der Waals surface area contributed by atoms with Gasteiger partial charge in [0.05, 0.1) is 11.6 Å². The van der Waals surface area contributed by atoms with E-state index < -0.39 is 5.54 Å². The first kappa shape index (κ1) is 13.3. The summed E-state index contributed by atoms with van der Waals surface area (Å²) < 4.78 is 0. The van der Waals surface area contributed by atoms with Crippen molar-refractivity contribution in [1.29, 1.82) is 0 Å². The fraction of sp³-hybridized carbons (Fsp3) is 0.500. The molecule has 2 saturated heterocycles. The lowest BCUT2D eigenvalue weighted by molar-refractivity contribution is -0.145. The SMILES string of the molecule is NC1(Cc2ccccc2)CCC2CCC(C=O)N2C1=O. The molecular weight excluding hydrogens is 252 g/mol. The molecule has 0 saturated carbocycles. The maximum Gasteiger partial charge on any atom is 0.243 e. The number of fused-ring (bicyclic) bond motifs is 1. The molecule has 20 heavy (non-hydrogen) atoms. The molecule has 1 aromatic rings. The van der Waals surface area contributed by atoms with Gasteiger partial charge in [-0.1, -0.05) is 30.3 Å². The van der Waals surface area contributed by atoms with Crippen molar-refractivity contribution >= 4 is 12.2 Å². The number of hydrogen-bond acceptors (Lipinski definition) is 3. The standard InChI is InChI=1S/C16H20N2O2/c17-16(10-12-4-2-1-3-5-12)9-8-13-6-7-14(11-19)18(13)15(16)20/h1-5,11,13-14H,6-10,17H2. The molecular formula is C16H20N2O2. The van der Waals surface area contributed by atoms with E-state index in [9.17, 15) is 9.59 Å². The quantitative estimate of drug-likeness (QED) is 0.843. The predicted octanol–water partition coefficient (Wildman–Crippen LogP) is 1.28. The summed E-state index contributed by atoms with van der Waals surface area (Å²) in [5.74, 6) is -0.0489. The van der Waals surface area contributed by atoms with E-state index in [1.165, 1.54) is 0 Å². The fourth-order valence-corrected chi connectivity index (χ4v) is 3.56. The monoisotopic (exact) mass is 272 g/mol. The van der Waals surface area contributed by atoms with Crippen molar-refractivity contribution in [1.82, 2.24) is 4.90 Å². The summed E-state index contributed by atoms with van der Waals surface area (Å²) in [5, 5.41) is 0. The number of amides is 1. The second kappa shape index (κ2) is 5.02. The molecule has 1 aromatic carbocycles. The Kier molecular flexibility index (Phi) is 3.34. The number of rotatable bonds is 3. The number of nitrogens with zero attached hydrogens (tertiary/aromatic N) is 1. The molecule has 2 aliphatic rings. The van der Waals surface area contributed by atoms with Gasteiger partial charge < -0.3 is 15.4 Å². The van der Waals surface area contributed by atoms with E-state index in [4.69, 9.17) is 5.73 Å². The Hall–Kier alpha value is -1.68. The second-order valence-electron chi connectivity index (χ2n) is 6.00. The number of aldehydes is 1. The van der Waals surface area contributed by atoms with Gasteiger partial charge in [-0.25, -0.2) is 0 Å². The van der Waals surface area contributed by atoms with Crippen molar-refractivity contribution in [3.8, 4) is 0 Å². The summed E-state index contributed by atoms with van der Waals surface area (Å²) in [6.45, 7) is 0. The first-order chi connectivity index (χ1) is 9.64. The third kappa shape index (κ3) is 2.14. The fourth-order valence-electron chi connectivity index (χ4n) is 3.56. The molecule has 2 heterocycles. The molecule has 0 aliphatic carbocycles. The molecule has 3 atom stereocenters. The predicted molar refractivity (Wildman–Crippen MR) is 76.0 cm³/mol. The zero-order chi connectivity index (χ0) is 14.2. The van der Waals surface area contributed by atoms with Gasteiger partial charge in [0.1, 0.15) is 6.29 Å². The summed E-state index contributed by atoms with van der Waals surface area (Å²) >= 11 is 0. The van der Waals surface area contributed by atoms with E-state index in [0.717, 1.165) is 31.1 Å². The van der Waals surface area contributed by atoms with Crippen LogP contribution in [0.1, 0.15) is 31.2 Å². The second-order valence-corrected chi connectivity index (χ2v) is 6.00. The van der Waals surface area contributed by atoms with E-state index in [-0.39, 0.29) is 18.0 Å². The molecule has 106 valence electrons. The van der Waals surface area contributed by atoms with Crippen molar-refractivity contribution in [2.24, 2.45) is 5.73 Å². The highest BCUT2D eigenvalue weighted by molar-refractivity contribution is 5.90. The Morgan fingerprint density at radius 3 is 2.70 bits per heavy atom. The summed E-state index contributed by atoms with van der Waals surface area (Å²) in [6, 6.07) is 9.80. The van der Waals surface area contributed by atoms with Gasteiger partial charge in [-0.2, -0.15) is 0 Å². The van der Waals surface area contributed by atoms with Crippen LogP contribution in [0.15, 0.2) is 30.3 Å². The number of benzene rings is 1. The summed E-state index contributed by atoms with van der Waals surface area (Å²) in [4.78, 5) is 25.6. The molecule has 3 unspecified atom stereocenters. The Morgan fingerprint density at radius 2 is 2.00 bits per heavy atom. The van der Waals surface area contributed by atoms with E-state index in [1.54, 1.807) is 4.90 Å². The molecule has 1 amide bonds. The van der Waals surface area contributed by atoms with Crippen LogP contribution in [0.2, 0.25) is 0 Å². The molecule has 0 spiro atoms. The third-order valence-corrected chi connectivity index (χ3v) is 4.65. The summed E-state index contributed by atoms with van der Waals surface area (Å²) in [5.41, 5.74) is 6.62. The summed E-state index contributed by atoms with van der Waals surface area (Å²) in [6.07, 6.45) is 4.75. The van der Waals surface area contributed by atoms with Gasteiger partial charge in [0.15, 0.2) is 0 Å². The molecule has 4 nitrogen and oxygen atoms in total. The molecule has 4 heteroatoms. The van der Waals surface area contributed by atoms with E-state index >= 15 is 0 Å². The lowest BCUT2D eigenvalue weighted by Gasteiger charge is -2.42. The minimum absolute atomic E-state index is 0.0489. The first-order valence-corrected chi connectivity index (χ1v) is 7.25. The number of carbonyl (C=O) groups is 2. The van der Waals surface area contributed by atoms with Crippen LogP contribution in [0.25, 0.3) is 0 Å². The Labute approximate surface area is 118 Å². The zero-order valence-corrected chi connectivity index (χ0v) is 11.5. The molecule has 2 aliphatic heterocycles. The largest absolute Gasteiger partial charge is 0.328 e. The highest BCUT2D eigenvalue weighted by atomic mass is 16.2. The first-order valence-electron chi connectivity index (χ1n) is 7.25. The molecule has 0 radical (unpaired) electrons. The Balaban J connectivity index is 1.83. The molecule has 0 bridgehead atoms. The van der Waals surface area contributed by atoms with Crippen molar-refractivity contribution in [3.63, 3.8) is 0 Å². The molecule has 0 aromatic heterocycles. The van der Waals surface area contributed by atoms with Crippen molar-refractivity contribution in [2.45, 2.75) is 49.7 Å². The maximum absolute atomic E-state index is 12.7. The lowest BCUT2D eigenvalue weighted by atomic mass is 9.81. The maximum atomic E-state index is 12.7. The van der Waals surface area contributed by atoms with Gasteiger partial charge in [0.2, 0.25) is 5.91 Å². The molecule has 2 N–H and O–H groups in total. The minimum Gasteiger partial charge on any atom is -0.328 e. The topological polar surface area (TPSA) is 63.4 Å². The highest BCUT2D eigenvalue weighted by Gasteiger charge is 2.49. The van der Waals surface area contributed by atoms with Gasteiger partial charge in [-0.05, 0) is 37.7 Å². The van der Waals surface area contributed by atoms with Gasteiger partial charge in [0.25, 0.3) is 0 Å². The minimum atomic E-state index is -0.858. The van der Waals surface area contributed by atoms with Crippen LogP contribution >= 0.6 is 0 Å². The molecule has 2 fully saturated rings.